The van der Waals surface area contributed by atoms with Gasteiger partial charge in [-0.05, 0) is 43.0 Å². The summed E-state index contributed by atoms with van der Waals surface area (Å²) < 4.78 is 34.1. The normalized spacial score (nSPS) is 11.8. The lowest BCUT2D eigenvalue weighted by Gasteiger charge is -2.19. The number of unbranched alkanes of at least 4 members (excludes halogenated alkanes) is 1. The molecule has 0 bridgehead atoms. The predicted octanol–water partition coefficient (Wildman–Crippen LogP) is 3.07. The first kappa shape index (κ1) is 33.1. The molecule has 230 valence electrons. The molecule has 0 radical (unpaired) electrons. The van der Waals surface area contributed by atoms with E-state index in [4.69, 9.17) is 4.74 Å². The number of hydrogen-bond acceptors (Lipinski definition) is 7. The second-order valence-electron chi connectivity index (χ2n) is 9.96. The van der Waals surface area contributed by atoms with E-state index in [-0.39, 0.29) is 36.9 Å². The molecule has 0 saturated heterocycles. The van der Waals surface area contributed by atoms with Gasteiger partial charge in [-0.3, -0.25) is 9.59 Å². The zero-order valence-corrected chi connectivity index (χ0v) is 25.3. The van der Waals surface area contributed by atoms with Crippen molar-refractivity contribution in [2.24, 2.45) is 0 Å². The molecule has 0 spiro atoms. The topological polar surface area (TPSA) is 146 Å². The molecule has 3 aromatic carbocycles. The van der Waals surface area contributed by atoms with Crippen LogP contribution in [0.4, 0.5) is 10.5 Å². The molecule has 3 amide bonds. The minimum absolute atomic E-state index is 0.00158. The van der Waals surface area contributed by atoms with E-state index in [1.165, 1.54) is 6.08 Å². The third-order valence-electron chi connectivity index (χ3n) is 6.57. The molecule has 12 heteroatoms. The van der Waals surface area contributed by atoms with Crippen molar-refractivity contribution in [3.63, 3.8) is 0 Å². The van der Waals surface area contributed by atoms with Crippen LogP contribution < -0.4 is 25.6 Å². The molecule has 0 saturated carbocycles. The first-order valence-corrected chi connectivity index (χ1v) is 15.4. The highest BCUT2D eigenvalue weighted by molar-refractivity contribution is 7.89. The lowest BCUT2D eigenvalue weighted by atomic mass is 10.1. The molecule has 11 nitrogen and oxygen atoms in total. The Morgan fingerprint density at radius 2 is 1.60 bits per heavy atom. The second kappa shape index (κ2) is 16.3. The number of fused-ring (bicyclic) bond motifs is 1. The number of carbonyl (C=O) groups is 3. The SMILES string of the molecule is C=CC(=O)NCCCCC(NC(=O)OCc1ccccc1)C(=O)NCCNS(=O)(=O)c1cccc2c(N(C)C)cccc12. The van der Waals surface area contributed by atoms with Crippen LogP contribution in [-0.4, -0.2) is 66.1 Å². The summed E-state index contributed by atoms with van der Waals surface area (Å²) in [6.45, 7) is 3.78. The maximum Gasteiger partial charge on any atom is 0.408 e. The van der Waals surface area contributed by atoms with Crippen molar-refractivity contribution in [2.75, 3.05) is 38.6 Å². The van der Waals surface area contributed by atoms with Gasteiger partial charge in [0.2, 0.25) is 21.8 Å². The molecule has 0 heterocycles. The number of sulfonamides is 1. The Hall–Kier alpha value is -4.42. The zero-order valence-electron chi connectivity index (χ0n) is 24.5. The average Bonchev–Trinajstić information content (AvgIpc) is 3.00. The van der Waals surface area contributed by atoms with Crippen molar-refractivity contribution in [3.05, 3.63) is 84.9 Å². The van der Waals surface area contributed by atoms with Crippen molar-refractivity contribution in [1.82, 2.24) is 20.7 Å². The van der Waals surface area contributed by atoms with E-state index in [2.05, 4.69) is 27.3 Å². The maximum atomic E-state index is 13.2. The Bertz CT molecular complexity index is 1510. The summed E-state index contributed by atoms with van der Waals surface area (Å²) in [6, 6.07) is 18.8. The van der Waals surface area contributed by atoms with Gasteiger partial charge in [-0.1, -0.05) is 61.2 Å². The minimum atomic E-state index is -3.88. The van der Waals surface area contributed by atoms with Crippen LogP contribution in [0.25, 0.3) is 10.8 Å². The monoisotopic (exact) mass is 609 g/mol. The standard InChI is InChI=1S/C31H39N5O6S/c1-4-29(37)32-19-9-8-16-26(35-31(39)42-22-23-12-6-5-7-13-23)30(38)33-20-21-34-43(40,41)28-18-11-14-24-25(28)15-10-17-27(24)36(2)3/h4-7,10-15,17-18,26,34H,1,8-9,16,19-22H2,2-3H3,(H,32,37)(H,33,38)(H,35,39). The molecule has 1 atom stereocenters. The molecule has 0 aliphatic heterocycles. The van der Waals surface area contributed by atoms with E-state index in [1.807, 2.05) is 67.5 Å². The Kier molecular flexibility index (Phi) is 12.5. The summed E-state index contributed by atoms with van der Waals surface area (Å²) in [7, 11) is -0.0979. The Labute approximate surface area is 252 Å². The van der Waals surface area contributed by atoms with Crippen LogP contribution in [0.2, 0.25) is 0 Å². The first-order valence-electron chi connectivity index (χ1n) is 14.0. The van der Waals surface area contributed by atoms with E-state index in [0.717, 1.165) is 16.6 Å². The summed E-state index contributed by atoms with van der Waals surface area (Å²) in [5.41, 5.74) is 1.69. The number of nitrogens with zero attached hydrogens (tertiary/aromatic N) is 1. The lowest BCUT2D eigenvalue weighted by molar-refractivity contribution is -0.123. The van der Waals surface area contributed by atoms with Crippen LogP contribution in [0, 0.1) is 0 Å². The van der Waals surface area contributed by atoms with Gasteiger partial charge in [-0.15, -0.1) is 0 Å². The molecular weight excluding hydrogens is 570 g/mol. The van der Waals surface area contributed by atoms with Gasteiger partial charge in [0.25, 0.3) is 0 Å². The van der Waals surface area contributed by atoms with Crippen molar-refractivity contribution < 1.29 is 27.5 Å². The molecular formula is C31H39N5O6S. The fourth-order valence-corrected chi connectivity index (χ4v) is 5.65. The van der Waals surface area contributed by atoms with Gasteiger partial charge in [-0.2, -0.15) is 0 Å². The van der Waals surface area contributed by atoms with Crippen LogP contribution >= 0.6 is 0 Å². The second-order valence-corrected chi connectivity index (χ2v) is 11.7. The van der Waals surface area contributed by atoms with Gasteiger partial charge >= 0.3 is 6.09 Å². The van der Waals surface area contributed by atoms with Crippen LogP contribution in [0.1, 0.15) is 24.8 Å². The zero-order chi connectivity index (χ0) is 31.2. The maximum absolute atomic E-state index is 13.2. The number of hydrogen-bond donors (Lipinski definition) is 4. The molecule has 4 N–H and O–H groups in total. The Morgan fingerprint density at radius 1 is 0.884 bits per heavy atom. The molecule has 1 unspecified atom stereocenters. The van der Waals surface area contributed by atoms with E-state index in [9.17, 15) is 22.8 Å². The fourth-order valence-electron chi connectivity index (χ4n) is 4.39. The van der Waals surface area contributed by atoms with Gasteiger partial charge in [0.05, 0.1) is 4.90 Å². The third-order valence-corrected chi connectivity index (χ3v) is 8.09. The number of ether oxygens (including phenoxy) is 1. The number of rotatable bonds is 16. The van der Waals surface area contributed by atoms with Crippen molar-refractivity contribution in [3.8, 4) is 0 Å². The van der Waals surface area contributed by atoms with Crippen LogP contribution in [-0.2, 0) is 31.0 Å². The number of alkyl carbamates (subject to hydrolysis) is 1. The largest absolute Gasteiger partial charge is 0.445 e. The molecule has 43 heavy (non-hydrogen) atoms. The highest BCUT2D eigenvalue weighted by atomic mass is 32.2. The smallest absolute Gasteiger partial charge is 0.408 e. The van der Waals surface area contributed by atoms with Crippen molar-refractivity contribution in [1.29, 1.82) is 0 Å². The number of nitrogens with one attached hydrogen (secondary N) is 4. The Balaban J connectivity index is 1.57. The van der Waals surface area contributed by atoms with Crippen LogP contribution in [0.3, 0.4) is 0 Å². The first-order chi connectivity index (χ1) is 20.6. The van der Waals surface area contributed by atoms with Crippen LogP contribution in [0.15, 0.2) is 84.3 Å². The summed E-state index contributed by atoms with van der Waals surface area (Å²) in [4.78, 5) is 38.9. The van der Waals surface area contributed by atoms with Gasteiger partial charge in [0, 0.05) is 50.2 Å². The lowest BCUT2D eigenvalue weighted by Crippen LogP contribution is -2.48. The van der Waals surface area contributed by atoms with E-state index >= 15 is 0 Å². The fraction of sp³-hybridized carbons (Fsp3) is 0.323. The summed E-state index contributed by atoms with van der Waals surface area (Å²) in [5, 5.41) is 9.35. The summed E-state index contributed by atoms with van der Waals surface area (Å²) >= 11 is 0. The molecule has 3 aromatic rings. The Morgan fingerprint density at radius 3 is 2.33 bits per heavy atom. The molecule has 3 rings (SSSR count). The number of benzene rings is 3. The molecule has 0 aromatic heterocycles. The minimum Gasteiger partial charge on any atom is -0.445 e. The molecule has 0 aliphatic carbocycles. The third kappa shape index (κ3) is 10.1. The van der Waals surface area contributed by atoms with E-state index < -0.39 is 28.1 Å². The van der Waals surface area contributed by atoms with Crippen molar-refractivity contribution in [2.45, 2.75) is 36.8 Å². The predicted molar refractivity (Wildman–Crippen MR) is 167 cm³/mol. The van der Waals surface area contributed by atoms with Gasteiger partial charge in [-0.25, -0.2) is 17.9 Å². The highest BCUT2D eigenvalue weighted by Crippen LogP contribution is 2.30. The quantitative estimate of drug-likeness (QED) is 0.144. The number of carbonyl (C=O) groups excluding carboxylic acids is 3. The van der Waals surface area contributed by atoms with Gasteiger partial charge in [0.15, 0.2) is 0 Å². The summed E-state index contributed by atoms with van der Waals surface area (Å²) in [6.07, 6.45) is 1.81. The average molecular weight is 610 g/mol. The van der Waals surface area contributed by atoms with Crippen LogP contribution in [0.5, 0.6) is 0 Å². The van der Waals surface area contributed by atoms with Gasteiger partial charge in [0.1, 0.15) is 12.6 Å². The number of amides is 3. The molecule has 0 fully saturated rings. The number of anilines is 1. The van der Waals surface area contributed by atoms with Crippen molar-refractivity contribution >= 4 is 44.4 Å². The summed E-state index contributed by atoms with van der Waals surface area (Å²) in [5.74, 6) is -0.771. The van der Waals surface area contributed by atoms with E-state index in [0.29, 0.717) is 24.8 Å². The van der Waals surface area contributed by atoms with E-state index in [1.54, 1.807) is 18.2 Å². The highest BCUT2D eigenvalue weighted by Gasteiger charge is 2.22. The molecule has 0 aliphatic rings. The van der Waals surface area contributed by atoms with Gasteiger partial charge < -0.3 is 25.6 Å².